The number of alkyl halides is 5. The van der Waals surface area contributed by atoms with Crippen LogP contribution in [0.5, 0.6) is 0 Å². The molecule has 0 aromatic carbocycles. The molecular formula is C98H166F5NO18. The molecule has 8 atom stereocenters. The molecule has 14 N–H and O–H groups in total. The second-order valence-corrected chi connectivity index (χ2v) is 40.1. The topological polar surface area (TPSA) is 337 Å². The van der Waals surface area contributed by atoms with Gasteiger partial charge in [0.2, 0.25) is 5.60 Å². The molecule has 1 amide bonds. The number of aliphatic hydroxyl groups excluding tert-OH is 4. The third kappa shape index (κ3) is 131. The van der Waals surface area contributed by atoms with Crippen molar-refractivity contribution in [3.8, 4) is 130 Å². The maximum absolute atomic E-state index is 12.0. The number of ether oxygens (including phenoxy) is 3. The Kier molecular flexibility index (Phi) is 71.3. The highest BCUT2D eigenvalue weighted by molar-refractivity contribution is 5.80. The molecule has 0 aliphatic carbocycles. The number of carboxylic acids is 1. The Hall–Kier alpha value is -7.01. The van der Waals surface area contributed by atoms with Crippen LogP contribution in [-0.4, -0.2) is 214 Å². The number of carbonyl (C=O) groups is 2. The number of halogens is 5. The van der Waals surface area contributed by atoms with Crippen molar-refractivity contribution in [2.75, 3.05) is 66.7 Å². The minimum atomic E-state index is -2.83. The van der Waals surface area contributed by atoms with Gasteiger partial charge in [0.05, 0.1) is 33.0 Å². The highest BCUT2D eigenvalue weighted by atomic mass is 19.3. The van der Waals surface area contributed by atoms with Crippen molar-refractivity contribution in [2.24, 2.45) is 48.7 Å². The Morgan fingerprint density at radius 3 is 1.00 bits per heavy atom. The van der Waals surface area contributed by atoms with Gasteiger partial charge in [-0.05, 0) is 290 Å². The summed E-state index contributed by atoms with van der Waals surface area (Å²) in [5, 5.41) is 120. The van der Waals surface area contributed by atoms with E-state index in [0.717, 1.165) is 13.8 Å². The van der Waals surface area contributed by atoms with Crippen LogP contribution < -0.4 is 5.32 Å². The highest BCUT2D eigenvalue weighted by Crippen LogP contribution is 2.20. The van der Waals surface area contributed by atoms with E-state index in [4.69, 9.17) is 55.1 Å². The summed E-state index contributed by atoms with van der Waals surface area (Å²) in [6, 6.07) is 0. The van der Waals surface area contributed by atoms with Crippen molar-refractivity contribution in [3.05, 3.63) is 0 Å². The maximum atomic E-state index is 12.0. The fourth-order valence-corrected chi connectivity index (χ4v) is 4.63. The first-order chi connectivity index (χ1) is 53.6. The zero-order valence-electron chi connectivity index (χ0n) is 83.0. The van der Waals surface area contributed by atoms with E-state index in [-0.39, 0.29) is 75.1 Å². The molecule has 0 aromatic heterocycles. The SMILES string of the molecule is CC#CCOCCO.CC#C[C@@H](C)O.CC(C)(C)C#CC(C)(C)O.CC(C)(C)C#CC(C)(O)C(=O)O.CC(C)(C)C#CC(C)(O)C(F)F.CC(C)(C)C#CC(C)(O)CF.CC(C)(C)C#CC(C)(O)CNC(=O)OC(C)(C)C.CC(C)(C)C#CC(C)(O)CO.CC(C)(C)C#CC(O)(CF)CF.CCC(O)C#CC(C)(C)C.COCC(C)(O)C#CC(C)(C)C. The minimum Gasteiger partial charge on any atom is -0.478 e. The Labute approximate surface area is 738 Å². The lowest BCUT2D eigenvalue weighted by molar-refractivity contribution is -0.151. The van der Waals surface area contributed by atoms with E-state index in [1.807, 2.05) is 152 Å². The molecule has 0 saturated carbocycles. The first-order valence-electron chi connectivity index (χ1n) is 39.9. The summed E-state index contributed by atoms with van der Waals surface area (Å²) in [6.45, 7) is 73.6. The minimum absolute atomic E-state index is 0.0101. The van der Waals surface area contributed by atoms with Crippen LogP contribution in [-0.2, 0) is 19.0 Å². The number of methoxy groups -OCH3 is 1. The lowest BCUT2D eigenvalue weighted by atomic mass is 9.96. The van der Waals surface area contributed by atoms with E-state index >= 15 is 0 Å². The molecule has 19 nitrogen and oxygen atoms in total. The van der Waals surface area contributed by atoms with Crippen molar-refractivity contribution >= 4 is 12.1 Å². The van der Waals surface area contributed by atoms with Gasteiger partial charge in [0, 0.05) is 55.8 Å². The first kappa shape index (κ1) is 138. The summed E-state index contributed by atoms with van der Waals surface area (Å²) < 4.78 is 74.8. The van der Waals surface area contributed by atoms with Gasteiger partial charge in [-0.25, -0.2) is 31.5 Å². The molecular weight excluding hydrogens is 1570 g/mol. The van der Waals surface area contributed by atoms with Crippen molar-refractivity contribution in [3.63, 3.8) is 0 Å². The van der Waals surface area contributed by atoms with E-state index in [1.54, 1.807) is 118 Å². The predicted octanol–water partition coefficient (Wildman–Crippen LogP) is 14.9. The molecule has 0 spiro atoms. The largest absolute Gasteiger partial charge is 0.478 e. The van der Waals surface area contributed by atoms with Crippen molar-refractivity contribution in [1.29, 1.82) is 0 Å². The molecule has 0 aromatic rings. The molecule has 24 heteroatoms. The zero-order chi connectivity index (χ0) is 100. The van der Waals surface area contributed by atoms with E-state index in [9.17, 15) is 57.1 Å². The highest BCUT2D eigenvalue weighted by Gasteiger charge is 2.31. The average Bonchev–Trinajstić information content (AvgIpc) is 0.904. The van der Waals surface area contributed by atoms with Crippen LogP contribution in [0.1, 0.15) is 297 Å². The number of carbonyl (C=O) groups excluding carboxylic acids is 1. The number of amides is 1. The lowest BCUT2D eigenvalue weighted by Gasteiger charge is -2.22. The fourth-order valence-electron chi connectivity index (χ4n) is 4.63. The molecule has 0 aliphatic heterocycles. The predicted molar refractivity (Wildman–Crippen MR) is 488 cm³/mol. The third-order valence-electron chi connectivity index (χ3n) is 10.8. The molecule has 7 unspecified atom stereocenters. The molecule has 0 bridgehead atoms. The van der Waals surface area contributed by atoms with Gasteiger partial charge in [0.1, 0.15) is 66.8 Å². The molecule has 0 radical (unpaired) electrons. The first-order valence-corrected chi connectivity index (χ1v) is 39.9. The zero-order valence-corrected chi connectivity index (χ0v) is 83.0. The van der Waals surface area contributed by atoms with Gasteiger partial charge in [0.15, 0.2) is 16.8 Å². The fraction of sp³-hybridized carbons (Fsp3) is 0.755. The number of alkyl carbamates (subject to hydrolysis) is 1. The molecule has 0 aliphatic rings. The summed E-state index contributed by atoms with van der Waals surface area (Å²) in [4.78, 5) is 21.8. The van der Waals surface area contributed by atoms with Crippen LogP contribution >= 0.6 is 0 Å². The standard InChI is InChI=1S/C14H25NO3.C10H18O2.2C9H14F2O.C9H15FO.C9H14O3.C9H16O2.2C9H16O.C6H10O2.C5H8O/c1-12(2,3)8-9-14(7,17)10-15-11(16)18-13(4,5)6;1-9(2,3)6-7-10(4,11)8-12-5;1-8(2,3)5-6-9(4,12)7(10)11;1-8(2,3)4-5-9(12,6-10)7-11;1-8(2,3)5-6-9(4,11)7-10;1-8(2,3)5-6-9(4,12)7(10)11;1-8(2,3)5-6-9(4,11)7-10;1-8(2,3)6-7-9(4,5)10;1-5-8(10)6-7-9(2,3)4;1-2-3-5-8-6-4-7;1-3-4-5(2)6/h17H,10H2,1-7H3,(H,15,16);11H,8H2,1-5H3;7,12H,1-4H3;12H,6-7H2,1-3H3;11H,7H2,1-4H3;12H,1-4H3,(H,10,11);10-11H,7H2,1-4H3;10H,1-5H3;8,10H,5H2,1-4H3;7H,4-6H2,1H3;5-6H,1-2H3/t;;;;;;;;;;5-/m..........1/s1. The van der Waals surface area contributed by atoms with Gasteiger partial charge in [-0.3, -0.25) is 0 Å². The van der Waals surface area contributed by atoms with Crippen LogP contribution in [0.3, 0.4) is 0 Å². The summed E-state index contributed by atoms with van der Waals surface area (Å²) in [6.07, 6.45) is -3.58. The van der Waals surface area contributed by atoms with E-state index < -0.39 is 101 Å². The summed E-state index contributed by atoms with van der Waals surface area (Å²) in [5.74, 6) is 57.2. The number of nitrogens with one attached hydrogen (secondary N) is 1. The smallest absolute Gasteiger partial charge is 0.407 e. The molecule has 706 valence electrons. The van der Waals surface area contributed by atoms with Crippen LogP contribution in [0.25, 0.3) is 0 Å². The van der Waals surface area contributed by atoms with E-state index in [1.165, 1.54) is 13.8 Å². The maximum Gasteiger partial charge on any atom is 0.407 e. The van der Waals surface area contributed by atoms with E-state index in [0.29, 0.717) is 19.6 Å². The molecule has 0 saturated heterocycles. The lowest BCUT2D eigenvalue weighted by Crippen LogP contribution is -2.42. The van der Waals surface area contributed by atoms with Crippen LogP contribution in [0, 0.1) is 179 Å². The van der Waals surface area contributed by atoms with Crippen molar-refractivity contribution in [1.82, 2.24) is 5.32 Å². The second kappa shape index (κ2) is 63.0. The van der Waals surface area contributed by atoms with Crippen molar-refractivity contribution < 1.29 is 112 Å². The normalized spacial score (nSPS) is 14.4. The monoisotopic (exact) mass is 1740 g/mol. The van der Waals surface area contributed by atoms with Gasteiger partial charge in [0.25, 0.3) is 6.43 Å². The van der Waals surface area contributed by atoms with Gasteiger partial charge in [-0.15, -0.1) is 11.8 Å². The molecule has 0 heterocycles. The Morgan fingerprint density at radius 1 is 0.418 bits per heavy atom. The van der Waals surface area contributed by atoms with Gasteiger partial charge in [-0.2, -0.15) is 0 Å². The van der Waals surface area contributed by atoms with Crippen molar-refractivity contribution in [2.45, 2.75) is 366 Å². The number of hydrogen-bond donors (Lipinski definition) is 14. The Morgan fingerprint density at radius 2 is 0.746 bits per heavy atom. The second-order valence-electron chi connectivity index (χ2n) is 40.1. The van der Waals surface area contributed by atoms with E-state index in [2.05, 4.69) is 136 Å². The Balaban J connectivity index is -0.000000124. The third-order valence-corrected chi connectivity index (χ3v) is 10.8. The average molecular weight is 1740 g/mol. The van der Waals surface area contributed by atoms with Crippen LogP contribution in [0.2, 0.25) is 0 Å². The van der Waals surface area contributed by atoms with Gasteiger partial charge >= 0.3 is 12.1 Å². The Bertz CT molecular complexity index is 3550. The summed E-state index contributed by atoms with van der Waals surface area (Å²) >= 11 is 0. The number of hydrogen-bond acceptors (Lipinski definition) is 17. The molecule has 0 rings (SSSR count). The van der Waals surface area contributed by atoms with Gasteiger partial charge in [-0.1, -0.05) is 125 Å². The number of aliphatic hydroxyl groups is 12. The summed E-state index contributed by atoms with van der Waals surface area (Å²) in [7, 11) is 1.55. The van der Waals surface area contributed by atoms with Gasteiger partial charge < -0.3 is 85.9 Å². The molecule has 122 heavy (non-hydrogen) atoms. The number of carboxylic acid groups (broad SMARTS) is 1. The number of rotatable bonds is 14. The summed E-state index contributed by atoms with van der Waals surface area (Å²) in [5.41, 5.74) is -14.2. The number of aliphatic carboxylic acids is 1. The quantitative estimate of drug-likeness (QED) is 0.0436. The van der Waals surface area contributed by atoms with Crippen LogP contribution in [0.4, 0.5) is 26.7 Å². The molecule has 0 fully saturated rings. The van der Waals surface area contributed by atoms with Crippen LogP contribution in [0.15, 0.2) is 0 Å².